The van der Waals surface area contributed by atoms with Crippen molar-refractivity contribution in [1.29, 1.82) is 0 Å². The summed E-state index contributed by atoms with van der Waals surface area (Å²) in [5, 5.41) is 4.07. The molecule has 0 saturated carbocycles. The van der Waals surface area contributed by atoms with Gasteiger partial charge in [0.2, 0.25) is 11.1 Å². The van der Waals surface area contributed by atoms with Crippen molar-refractivity contribution < 1.29 is 9.53 Å². The molecule has 0 aliphatic heterocycles. The smallest absolute Gasteiger partial charge is 0.362 e. The summed E-state index contributed by atoms with van der Waals surface area (Å²) in [6, 6.07) is 8.96. The maximum atomic E-state index is 11.7. The zero-order chi connectivity index (χ0) is 14.0. The van der Waals surface area contributed by atoms with Gasteiger partial charge in [0, 0.05) is 15.3 Å². The van der Waals surface area contributed by atoms with Crippen LogP contribution in [0.3, 0.4) is 0 Å². The second-order valence-corrected chi connectivity index (χ2v) is 5.12. The van der Waals surface area contributed by atoms with Gasteiger partial charge >= 0.3 is 5.97 Å². The van der Waals surface area contributed by atoms with Crippen molar-refractivity contribution in [3.8, 4) is 5.69 Å². The largest absolute Gasteiger partial charge is 0.464 e. The van der Waals surface area contributed by atoms with Crippen LogP contribution in [0.5, 0.6) is 0 Å². The number of halogens is 1. The van der Waals surface area contributed by atoms with Crippen LogP contribution in [0.15, 0.2) is 35.1 Å². The van der Waals surface area contributed by atoms with E-state index in [0.717, 1.165) is 9.26 Å². The lowest BCUT2D eigenvalue weighted by molar-refractivity contribution is 0.0590. The minimum atomic E-state index is -0.732. The van der Waals surface area contributed by atoms with E-state index in [0.29, 0.717) is 5.69 Å². The van der Waals surface area contributed by atoms with Crippen molar-refractivity contribution in [1.82, 2.24) is 9.78 Å². The second-order valence-electron chi connectivity index (χ2n) is 3.88. The molecule has 1 aromatic heterocycles. The Morgan fingerprint density at radius 2 is 1.95 bits per heavy atom. The summed E-state index contributed by atoms with van der Waals surface area (Å²) in [6.07, 6.45) is 0. The third-order valence-electron chi connectivity index (χ3n) is 2.56. The predicted molar refractivity (Wildman–Crippen MR) is 78.6 cm³/mol. The molecule has 0 amide bonds. The van der Waals surface area contributed by atoms with E-state index in [1.807, 2.05) is 24.3 Å². The monoisotopic (exact) mass is 370 g/mol. The van der Waals surface area contributed by atoms with Gasteiger partial charge in [-0.3, -0.25) is 4.79 Å². The van der Waals surface area contributed by atoms with E-state index >= 15 is 0 Å². The van der Waals surface area contributed by atoms with Crippen LogP contribution >= 0.6 is 22.6 Å². The Morgan fingerprint density at radius 1 is 1.32 bits per heavy atom. The van der Waals surface area contributed by atoms with Crippen molar-refractivity contribution in [3.63, 3.8) is 0 Å². The molecule has 0 atom stereocenters. The van der Waals surface area contributed by atoms with E-state index in [1.54, 1.807) is 11.6 Å². The Kier molecular flexibility index (Phi) is 3.98. The Balaban J connectivity index is 2.60. The van der Waals surface area contributed by atoms with Gasteiger partial charge in [-0.15, -0.1) is 0 Å². The molecule has 0 radical (unpaired) electrons. The molecule has 0 fully saturated rings. The Bertz CT molecular complexity index is 677. The van der Waals surface area contributed by atoms with Crippen LogP contribution < -0.4 is 5.43 Å². The molecule has 1 aromatic carbocycles. The highest BCUT2D eigenvalue weighted by Gasteiger charge is 2.15. The lowest BCUT2D eigenvalue weighted by Gasteiger charge is -2.10. The number of aryl methyl sites for hydroxylation is 1. The van der Waals surface area contributed by atoms with Crippen LogP contribution in [0, 0.1) is 10.5 Å². The van der Waals surface area contributed by atoms with E-state index in [4.69, 9.17) is 0 Å². The molecule has 98 valence electrons. The van der Waals surface area contributed by atoms with E-state index in [-0.39, 0.29) is 5.69 Å². The van der Waals surface area contributed by atoms with Crippen LogP contribution in [0.4, 0.5) is 0 Å². The van der Waals surface area contributed by atoms with Crippen LogP contribution in [-0.4, -0.2) is 22.9 Å². The maximum absolute atomic E-state index is 11.7. The van der Waals surface area contributed by atoms with Crippen molar-refractivity contribution in [2.75, 3.05) is 7.11 Å². The van der Waals surface area contributed by atoms with Gasteiger partial charge in [-0.2, -0.15) is 5.10 Å². The first-order valence-electron chi connectivity index (χ1n) is 5.48. The number of nitrogens with zero attached hydrogens (tertiary/aromatic N) is 2. The van der Waals surface area contributed by atoms with Gasteiger partial charge in [-0.1, -0.05) is 0 Å². The second kappa shape index (κ2) is 5.52. The van der Waals surface area contributed by atoms with Crippen LogP contribution in [-0.2, 0) is 4.74 Å². The average Bonchev–Trinajstić information content (AvgIpc) is 2.39. The van der Waals surface area contributed by atoms with Crippen molar-refractivity contribution in [2.24, 2.45) is 0 Å². The normalized spacial score (nSPS) is 10.3. The van der Waals surface area contributed by atoms with E-state index in [2.05, 4.69) is 32.4 Å². The third-order valence-corrected chi connectivity index (χ3v) is 3.28. The number of carbonyl (C=O) groups excluding carboxylic acids is 1. The van der Waals surface area contributed by atoms with Crippen molar-refractivity contribution in [3.05, 3.63) is 55.5 Å². The summed E-state index contributed by atoms with van der Waals surface area (Å²) in [5.74, 6) is -0.732. The van der Waals surface area contributed by atoms with Crippen LogP contribution in [0.1, 0.15) is 16.2 Å². The van der Waals surface area contributed by atoms with Gasteiger partial charge in [0.1, 0.15) is 0 Å². The molecule has 5 nitrogen and oxygen atoms in total. The van der Waals surface area contributed by atoms with Gasteiger partial charge in [0.25, 0.3) is 0 Å². The third kappa shape index (κ3) is 2.83. The van der Waals surface area contributed by atoms with E-state index in [9.17, 15) is 9.59 Å². The number of carbonyl (C=O) groups is 1. The van der Waals surface area contributed by atoms with Gasteiger partial charge < -0.3 is 4.74 Å². The number of rotatable bonds is 2. The van der Waals surface area contributed by atoms with Crippen LogP contribution in [0.25, 0.3) is 5.69 Å². The van der Waals surface area contributed by atoms with E-state index in [1.165, 1.54) is 13.2 Å². The number of benzene rings is 1. The number of ether oxygens (including phenoxy) is 1. The standard InChI is InChI=1S/C13H11IN2O3/c1-8-7-11(17)12(13(18)19-2)15-16(8)10-5-3-9(14)4-6-10/h3-7H,1-2H3. The summed E-state index contributed by atoms with van der Waals surface area (Å²) >= 11 is 2.20. The Labute approximate surface area is 123 Å². The molecular weight excluding hydrogens is 359 g/mol. The van der Waals surface area contributed by atoms with Gasteiger partial charge in [0.05, 0.1) is 12.8 Å². The first-order valence-corrected chi connectivity index (χ1v) is 6.56. The SMILES string of the molecule is COC(=O)c1nn(-c2ccc(I)cc2)c(C)cc1=O. The lowest BCUT2D eigenvalue weighted by atomic mass is 10.3. The topological polar surface area (TPSA) is 61.2 Å². The first-order chi connectivity index (χ1) is 9.02. The van der Waals surface area contributed by atoms with Crippen LogP contribution in [0.2, 0.25) is 0 Å². The fourth-order valence-corrected chi connectivity index (χ4v) is 1.99. The predicted octanol–water partition coefficient (Wildman–Crippen LogP) is 1.93. The summed E-state index contributed by atoms with van der Waals surface area (Å²) < 4.78 is 7.19. The number of aromatic nitrogens is 2. The van der Waals surface area contributed by atoms with Gasteiger partial charge in [0.15, 0.2) is 0 Å². The Morgan fingerprint density at radius 3 is 2.53 bits per heavy atom. The molecule has 6 heteroatoms. The highest BCUT2D eigenvalue weighted by Crippen LogP contribution is 2.12. The molecule has 0 unspecified atom stereocenters. The fourth-order valence-electron chi connectivity index (χ4n) is 1.63. The summed E-state index contributed by atoms with van der Waals surface area (Å²) in [7, 11) is 1.22. The maximum Gasteiger partial charge on any atom is 0.362 e. The molecule has 19 heavy (non-hydrogen) atoms. The molecule has 2 aromatic rings. The van der Waals surface area contributed by atoms with Crippen molar-refractivity contribution >= 4 is 28.6 Å². The summed E-state index contributed by atoms with van der Waals surface area (Å²) in [6.45, 7) is 1.76. The quantitative estimate of drug-likeness (QED) is 0.599. The first kappa shape index (κ1) is 13.7. The summed E-state index contributed by atoms with van der Waals surface area (Å²) in [4.78, 5) is 23.2. The fraction of sp³-hybridized carbons (Fsp3) is 0.154. The molecule has 0 aliphatic rings. The lowest BCUT2D eigenvalue weighted by Crippen LogP contribution is -2.23. The zero-order valence-corrected chi connectivity index (χ0v) is 12.5. The number of hydrogen-bond donors (Lipinski definition) is 0. The molecular formula is C13H11IN2O3. The number of hydrogen-bond acceptors (Lipinski definition) is 4. The zero-order valence-electron chi connectivity index (χ0n) is 10.4. The Hall–Kier alpha value is -1.70. The van der Waals surface area contributed by atoms with Crippen molar-refractivity contribution in [2.45, 2.75) is 6.92 Å². The highest BCUT2D eigenvalue weighted by molar-refractivity contribution is 14.1. The molecule has 0 bridgehead atoms. The number of methoxy groups -OCH3 is 1. The van der Waals surface area contributed by atoms with E-state index < -0.39 is 11.4 Å². The minimum Gasteiger partial charge on any atom is -0.464 e. The summed E-state index contributed by atoms with van der Waals surface area (Å²) in [5.41, 5.74) is 0.777. The number of esters is 1. The molecule has 0 aliphatic carbocycles. The molecule has 0 saturated heterocycles. The van der Waals surface area contributed by atoms with Gasteiger partial charge in [-0.25, -0.2) is 9.48 Å². The highest BCUT2D eigenvalue weighted by atomic mass is 127. The minimum absolute atomic E-state index is 0.216. The average molecular weight is 370 g/mol. The molecule has 2 rings (SSSR count). The molecule has 1 heterocycles. The molecule has 0 spiro atoms. The van der Waals surface area contributed by atoms with Gasteiger partial charge in [-0.05, 0) is 53.8 Å². The molecule has 0 N–H and O–H groups in total.